The lowest BCUT2D eigenvalue weighted by Crippen LogP contribution is -2.37. The second-order valence-corrected chi connectivity index (χ2v) is 5.90. The number of anilines is 1. The molecule has 3 rings (SSSR count). The average Bonchev–Trinajstić information content (AvgIpc) is 3.30. The largest absolute Gasteiger partial charge is 0.381 e. The van der Waals surface area contributed by atoms with Crippen LogP contribution in [0.3, 0.4) is 0 Å². The summed E-state index contributed by atoms with van der Waals surface area (Å²) < 4.78 is 19.7. The Kier molecular flexibility index (Phi) is 4.22. The molecule has 2 fully saturated rings. The van der Waals surface area contributed by atoms with Crippen molar-refractivity contribution in [3.8, 4) is 0 Å². The van der Waals surface area contributed by atoms with Crippen LogP contribution in [0.1, 0.15) is 31.2 Å². The third kappa shape index (κ3) is 3.30. The SMILES string of the molecule is CN(c1ccc(CNC2CC2)cc1F)C1CCOCC1. The molecule has 0 amide bonds. The van der Waals surface area contributed by atoms with Crippen LogP contribution in [-0.2, 0) is 11.3 Å². The van der Waals surface area contributed by atoms with E-state index < -0.39 is 0 Å². The monoisotopic (exact) mass is 278 g/mol. The van der Waals surface area contributed by atoms with Gasteiger partial charge in [-0.2, -0.15) is 0 Å². The molecule has 110 valence electrons. The van der Waals surface area contributed by atoms with Crippen molar-refractivity contribution in [1.29, 1.82) is 0 Å². The summed E-state index contributed by atoms with van der Waals surface area (Å²) in [6.45, 7) is 2.32. The summed E-state index contributed by atoms with van der Waals surface area (Å²) in [5.74, 6) is -0.117. The molecule has 1 aromatic rings. The quantitative estimate of drug-likeness (QED) is 0.896. The van der Waals surface area contributed by atoms with Crippen LogP contribution >= 0.6 is 0 Å². The van der Waals surface area contributed by atoms with E-state index in [4.69, 9.17) is 4.74 Å². The minimum atomic E-state index is -0.117. The minimum absolute atomic E-state index is 0.117. The summed E-state index contributed by atoms with van der Waals surface area (Å²) in [5.41, 5.74) is 1.73. The summed E-state index contributed by atoms with van der Waals surface area (Å²) in [7, 11) is 1.98. The number of benzene rings is 1. The van der Waals surface area contributed by atoms with E-state index in [1.165, 1.54) is 12.8 Å². The topological polar surface area (TPSA) is 24.5 Å². The second kappa shape index (κ2) is 6.10. The molecule has 1 aromatic carbocycles. The lowest BCUT2D eigenvalue weighted by molar-refractivity contribution is 0.0853. The average molecular weight is 278 g/mol. The van der Waals surface area contributed by atoms with Gasteiger partial charge >= 0.3 is 0 Å². The Morgan fingerprint density at radius 3 is 2.65 bits per heavy atom. The second-order valence-electron chi connectivity index (χ2n) is 5.90. The van der Waals surface area contributed by atoms with E-state index in [1.54, 1.807) is 6.07 Å². The van der Waals surface area contributed by atoms with Crippen molar-refractivity contribution in [2.75, 3.05) is 25.2 Å². The summed E-state index contributed by atoms with van der Waals surface area (Å²) in [5, 5.41) is 3.42. The normalized spacial score (nSPS) is 20.1. The van der Waals surface area contributed by atoms with Gasteiger partial charge in [-0.3, -0.25) is 0 Å². The summed E-state index contributed by atoms with van der Waals surface area (Å²) in [6.07, 6.45) is 4.46. The lowest BCUT2D eigenvalue weighted by atomic mass is 10.1. The molecule has 1 aliphatic heterocycles. The van der Waals surface area contributed by atoms with Crippen LogP contribution in [0.5, 0.6) is 0 Å². The standard InChI is InChI=1S/C16H23FN2O/c1-19(14-6-8-20-9-7-14)16-5-2-12(10-15(16)17)11-18-13-3-4-13/h2,5,10,13-14,18H,3-4,6-9,11H2,1H3. The van der Waals surface area contributed by atoms with Gasteiger partial charge in [0.1, 0.15) is 5.82 Å². The zero-order chi connectivity index (χ0) is 13.9. The molecule has 1 saturated heterocycles. The van der Waals surface area contributed by atoms with Crippen molar-refractivity contribution >= 4 is 5.69 Å². The van der Waals surface area contributed by atoms with Crippen LogP contribution in [0.25, 0.3) is 0 Å². The number of ether oxygens (including phenoxy) is 1. The van der Waals surface area contributed by atoms with Crippen LogP contribution in [0.15, 0.2) is 18.2 Å². The Labute approximate surface area is 120 Å². The number of hydrogen-bond acceptors (Lipinski definition) is 3. The predicted octanol–water partition coefficient (Wildman–Crippen LogP) is 2.69. The smallest absolute Gasteiger partial charge is 0.146 e. The Hall–Kier alpha value is -1.13. The molecule has 0 unspecified atom stereocenters. The van der Waals surface area contributed by atoms with Crippen LogP contribution in [-0.4, -0.2) is 32.3 Å². The first-order valence-electron chi connectivity index (χ1n) is 7.56. The van der Waals surface area contributed by atoms with Gasteiger partial charge in [-0.15, -0.1) is 0 Å². The third-order valence-electron chi connectivity index (χ3n) is 4.30. The molecule has 3 nitrogen and oxygen atoms in total. The van der Waals surface area contributed by atoms with Crippen LogP contribution in [0.2, 0.25) is 0 Å². The van der Waals surface area contributed by atoms with Crippen molar-refractivity contribution < 1.29 is 9.13 Å². The first-order chi connectivity index (χ1) is 9.74. The number of nitrogens with zero attached hydrogens (tertiary/aromatic N) is 1. The van der Waals surface area contributed by atoms with Crippen molar-refractivity contribution in [1.82, 2.24) is 5.32 Å². The number of halogens is 1. The van der Waals surface area contributed by atoms with E-state index in [0.29, 0.717) is 17.8 Å². The van der Waals surface area contributed by atoms with Gasteiger partial charge in [0.15, 0.2) is 0 Å². The molecule has 1 aliphatic carbocycles. The maximum absolute atomic E-state index is 14.3. The number of nitrogens with one attached hydrogen (secondary N) is 1. The zero-order valence-corrected chi connectivity index (χ0v) is 12.1. The van der Waals surface area contributed by atoms with E-state index in [9.17, 15) is 4.39 Å². The van der Waals surface area contributed by atoms with Gasteiger partial charge in [0, 0.05) is 38.9 Å². The van der Waals surface area contributed by atoms with E-state index in [-0.39, 0.29) is 5.82 Å². The summed E-state index contributed by atoms with van der Waals surface area (Å²) in [4.78, 5) is 2.07. The van der Waals surface area contributed by atoms with E-state index in [1.807, 2.05) is 19.2 Å². The molecular weight excluding hydrogens is 255 g/mol. The highest BCUT2D eigenvalue weighted by Gasteiger charge is 2.22. The molecule has 0 aromatic heterocycles. The highest BCUT2D eigenvalue weighted by Crippen LogP contribution is 2.25. The summed E-state index contributed by atoms with van der Waals surface area (Å²) >= 11 is 0. The van der Waals surface area contributed by atoms with Crippen molar-refractivity contribution in [2.45, 2.75) is 44.3 Å². The van der Waals surface area contributed by atoms with Gasteiger partial charge < -0.3 is 15.0 Å². The fourth-order valence-corrected chi connectivity index (χ4v) is 2.77. The molecule has 2 aliphatic rings. The van der Waals surface area contributed by atoms with Gasteiger partial charge in [0.05, 0.1) is 5.69 Å². The molecule has 0 atom stereocenters. The van der Waals surface area contributed by atoms with Crippen LogP contribution in [0, 0.1) is 5.82 Å². The van der Waals surface area contributed by atoms with Gasteiger partial charge in [0.2, 0.25) is 0 Å². The fraction of sp³-hybridized carbons (Fsp3) is 0.625. The first-order valence-corrected chi connectivity index (χ1v) is 7.56. The van der Waals surface area contributed by atoms with Crippen molar-refractivity contribution in [3.63, 3.8) is 0 Å². The Morgan fingerprint density at radius 2 is 2.00 bits per heavy atom. The maximum atomic E-state index is 14.3. The van der Waals surface area contributed by atoms with Gasteiger partial charge in [-0.05, 0) is 43.4 Å². The van der Waals surface area contributed by atoms with Crippen molar-refractivity contribution in [2.24, 2.45) is 0 Å². The molecule has 0 bridgehead atoms. The van der Waals surface area contributed by atoms with Gasteiger partial charge in [-0.1, -0.05) is 6.07 Å². The van der Waals surface area contributed by atoms with Crippen LogP contribution < -0.4 is 10.2 Å². The highest BCUT2D eigenvalue weighted by atomic mass is 19.1. The molecule has 0 radical (unpaired) electrons. The molecule has 20 heavy (non-hydrogen) atoms. The predicted molar refractivity (Wildman–Crippen MR) is 78.5 cm³/mol. The Bertz CT molecular complexity index is 456. The lowest BCUT2D eigenvalue weighted by Gasteiger charge is -2.33. The maximum Gasteiger partial charge on any atom is 0.146 e. The van der Waals surface area contributed by atoms with E-state index in [0.717, 1.165) is 38.2 Å². The fourth-order valence-electron chi connectivity index (χ4n) is 2.77. The Morgan fingerprint density at radius 1 is 1.25 bits per heavy atom. The first kappa shape index (κ1) is 13.8. The molecule has 4 heteroatoms. The minimum Gasteiger partial charge on any atom is -0.381 e. The third-order valence-corrected chi connectivity index (χ3v) is 4.30. The Balaban J connectivity index is 1.65. The molecule has 1 N–H and O–H groups in total. The molecule has 1 heterocycles. The van der Waals surface area contributed by atoms with Gasteiger partial charge in [0.25, 0.3) is 0 Å². The van der Waals surface area contributed by atoms with Gasteiger partial charge in [-0.25, -0.2) is 4.39 Å². The highest BCUT2D eigenvalue weighted by molar-refractivity contribution is 5.49. The van der Waals surface area contributed by atoms with E-state index in [2.05, 4.69) is 10.2 Å². The number of hydrogen-bond donors (Lipinski definition) is 1. The van der Waals surface area contributed by atoms with Crippen LogP contribution in [0.4, 0.5) is 10.1 Å². The summed E-state index contributed by atoms with van der Waals surface area (Å²) in [6, 6.07) is 6.65. The molecule has 0 spiro atoms. The van der Waals surface area contributed by atoms with E-state index >= 15 is 0 Å². The van der Waals surface area contributed by atoms with Crippen molar-refractivity contribution in [3.05, 3.63) is 29.6 Å². The number of rotatable bonds is 5. The zero-order valence-electron chi connectivity index (χ0n) is 12.1. The molecular formula is C16H23FN2O. The molecule has 1 saturated carbocycles.